The van der Waals surface area contributed by atoms with Crippen LogP contribution in [0.2, 0.25) is 0 Å². The number of carboxylic acids is 1. The first-order chi connectivity index (χ1) is 12.7. The zero-order valence-electron chi connectivity index (χ0n) is 14.0. The van der Waals surface area contributed by atoms with Gasteiger partial charge in [-0.05, 0) is 36.4 Å². The Balaban J connectivity index is 0.000000181. The van der Waals surface area contributed by atoms with Gasteiger partial charge in [-0.2, -0.15) is 0 Å². The summed E-state index contributed by atoms with van der Waals surface area (Å²) in [4.78, 5) is 22.8. The van der Waals surface area contributed by atoms with Crippen molar-refractivity contribution in [1.29, 1.82) is 0 Å². The molecule has 0 aliphatic carbocycles. The maximum atomic E-state index is 10.1. The number of pyridine rings is 3. The van der Waals surface area contributed by atoms with Gasteiger partial charge in [-0.3, -0.25) is 9.38 Å². The number of imidazole rings is 1. The third kappa shape index (κ3) is 3.65. The Morgan fingerprint density at radius 1 is 0.889 bits per heavy atom. The molecule has 0 bridgehead atoms. The number of benzene rings is 1. The predicted octanol–water partition coefficient (Wildman–Crippen LogP) is 3.81. The Hall–Kier alpha value is -3.28. The van der Waals surface area contributed by atoms with Crippen molar-refractivity contribution in [1.82, 2.24) is 19.4 Å². The summed E-state index contributed by atoms with van der Waals surface area (Å²) in [5, 5.41) is 9.44. The van der Waals surface area contributed by atoms with Crippen LogP contribution < -0.4 is 0 Å². The first-order valence-corrected chi connectivity index (χ1v) is 7.99. The van der Waals surface area contributed by atoms with E-state index in [1.807, 2.05) is 30.5 Å². The van der Waals surface area contributed by atoms with Crippen molar-refractivity contribution in [2.45, 2.75) is 0 Å². The van der Waals surface area contributed by atoms with Crippen molar-refractivity contribution in [2.75, 3.05) is 0 Å². The number of nitrogens with zero attached hydrogens (tertiary/aromatic N) is 4. The van der Waals surface area contributed by atoms with E-state index in [1.54, 1.807) is 12.1 Å². The number of rotatable bonds is 1. The maximum absolute atomic E-state index is 10.1. The van der Waals surface area contributed by atoms with Crippen LogP contribution >= 0.6 is 0 Å². The van der Waals surface area contributed by atoms with Crippen LogP contribution in [0.5, 0.6) is 0 Å². The molecule has 27 heavy (non-hydrogen) atoms. The van der Waals surface area contributed by atoms with Gasteiger partial charge in [0.2, 0.25) is 0 Å². The van der Waals surface area contributed by atoms with Crippen LogP contribution in [-0.2, 0) is 17.1 Å². The van der Waals surface area contributed by atoms with E-state index < -0.39 is 5.97 Å². The molecule has 4 aromatic heterocycles. The third-order valence-electron chi connectivity index (χ3n) is 3.93. The summed E-state index contributed by atoms with van der Waals surface area (Å²) in [5.41, 5.74) is 4.08. The van der Waals surface area contributed by atoms with Crippen LogP contribution in [0.15, 0.2) is 79.3 Å². The molecule has 0 unspecified atom stereocenters. The minimum atomic E-state index is -0.990. The average Bonchev–Trinajstić information content (AvgIpc) is 3.08. The van der Waals surface area contributed by atoms with Crippen molar-refractivity contribution in [2.24, 2.45) is 0 Å². The molecular formula is C20H14CuN4O2. The van der Waals surface area contributed by atoms with Gasteiger partial charge in [-0.1, -0.05) is 24.3 Å². The first-order valence-electron chi connectivity index (χ1n) is 7.99. The monoisotopic (exact) mass is 405 g/mol. The van der Waals surface area contributed by atoms with E-state index in [0.29, 0.717) is 0 Å². The molecule has 1 radical (unpaired) electrons. The van der Waals surface area contributed by atoms with E-state index in [4.69, 9.17) is 5.11 Å². The minimum Gasteiger partial charge on any atom is -0.477 e. The number of aromatic carboxylic acids is 1. The Bertz CT molecular complexity index is 1220. The zero-order chi connectivity index (χ0) is 17.9. The van der Waals surface area contributed by atoms with E-state index in [2.05, 4.69) is 43.7 Å². The van der Waals surface area contributed by atoms with Crippen LogP contribution in [0.25, 0.3) is 27.6 Å². The maximum Gasteiger partial charge on any atom is 0.354 e. The fourth-order valence-corrected chi connectivity index (χ4v) is 2.75. The topological polar surface area (TPSA) is 80.4 Å². The summed E-state index contributed by atoms with van der Waals surface area (Å²) in [7, 11) is 0. The number of carbonyl (C=O) groups is 1. The molecule has 1 aromatic carbocycles. The summed E-state index contributed by atoms with van der Waals surface area (Å²) >= 11 is 0. The molecule has 6 nitrogen and oxygen atoms in total. The zero-order valence-corrected chi connectivity index (χ0v) is 14.9. The third-order valence-corrected chi connectivity index (χ3v) is 3.93. The number of para-hydroxylation sites is 2. The number of carboxylic acid groups (broad SMARTS) is 1. The SMILES string of the molecule is O=C(O)c1ccccn1.[Cu].c1cnc2c(c1)ccn1c3ccccc3nc21. The summed E-state index contributed by atoms with van der Waals surface area (Å²) in [6.45, 7) is 0. The Labute approximate surface area is 165 Å². The number of fused-ring (bicyclic) bond motifs is 5. The summed E-state index contributed by atoms with van der Waals surface area (Å²) in [6, 6.07) is 19.0. The molecule has 137 valence electrons. The fraction of sp³-hybridized carbons (Fsp3) is 0. The van der Waals surface area contributed by atoms with Crippen LogP contribution in [-0.4, -0.2) is 30.4 Å². The number of hydrogen-bond acceptors (Lipinski definition) is 4. The van der Waals surface area contributed by atoms with E-state index in [1.165, 1.54) is 12.3 Å². The van der Waals surface area contributed by atoms with Gasteiger partial charge in [0.25, 0.3) is 0 Å². The van der Waals surface area contributed by atoms with E-state index >= 15 is 0 Å². The van der Waals surface area contributed by atoms with E-state index in [0.717, 1.165) is 27.6 Å². The number of hydrogen-bond donors (Lipinski definition) is 1. The molecule has 5 rings (SSSR count). The molecule has 0 amide bonds. The van der Waals surface area contributed by atoms with Gasteiger partial charge in [0, 0.05) is 41.0 Å². The molecule has 1 N–H and O–H groups in total. The second-order valence-electron chi connectivity index (χ2n) is 5.57. The first kappa shape index (κ1) is 18.5. The van der Waals surface area contributed by atoms with Crippen LogP contribution in [0.1, 0.15) is 10.5 Å². The van der Waals surface area contributed by atoms with Gasteiger partial charge in [0.15, 0.2) is 5.65 Å². The Kier molecular flexibility index (Phi) is 5.45. The van der Waals surface area contributed by atoms with Crippen molar-refractivity contribution < 1.29 is 27.0 Å². The Morgan fingerprint density at radius 3 is 2.41 bits per heavy atom. The molecular weight excluding hydrogens is 392 g/mol. The summed E-state index contributed by atoms with van der Waals surface area (Å²) in [5.74, 6) is -0.990. The van der Waals surface area contributed by atoms with Gasteiger partial charge in [-0.25, -0.2) is 14.8 Å². The summed E-state index contributed by atoms with van der Waals surface area (Å²) in [6.07, 6.45) is 5.31. The van der Waals surface area contributed by atoms with Crippen molar-refractivity contribution in [3.8, 4) is 0 Å². The van der Waals surface area contributed by atoms with Gasteiger partial charge in [-0.15, -0.1) is 0 Å². The molecule has 0 saturated carbocycles. The van der Waals surface area contributed by atoms with Gasteiger partial charge in [0.05, 0.1) is 11.0 Å². The van der Waals surface area contributed by atoms with Gasteiger partial charge < -0.3 is 5.11 Å². The molecule has 0 saturated heterocycles. The molecule has 0 aliphatic rings. The molecule has 5 aromatic rings. The summed E-state index contributed by atoms with van der Waals surface area (Å²) < 4.78 is 2.09. The van der Waals surface area contributed by atoms with Crippen LogP contribution in [0, 0.1) is 0 Å². The van der Waals surface area contributed by atoms with Gasteiger partial charge in [0.1, 0.15) is 11.2 Å². The largest absolute Gasteiger partial charge is 0.477 e. The van der Waals surface area contributed by atoms with Crippen molar-refractivity contribution in [3.63, 3.8) is 0 Å². The standard InChI is InChI=1S/C14H9N3.C6H5NO2.Cu/c1-2-6-12-11(5-1)16-14-13-10(4-3-8-15-13)7-9-17(12)14;8-6(9)5-3-1-2-4-7-5;/h1-9H;1-4H,(H,8,9);. The number of aromatic nitrogens is 4. The minimum absolute atomic E-state index is 0. The molecule has 7 heteroatoms. The van der Waals surface area contributed by atoms with E-state index in [9.17, 15) is 4.79 Å². The molecule has 4 heterocycles. The van der Waals surface area contributed by atoms with E-state index in [-0.39, 0.29) is 22.8 Å². The van der Waals surface area contributed by atoms with Crippen molar-refractivity contribution >= 4 is 33.6 Å². The quantitative estimate of drug-likeness (QED) is 0.429. The van der Waals surface area contributed by atoms with Gasteiger partial charge >= 0.3 is 5.97 Å². The molecule has 0 atom stereocenters. The second kappa shape index (κ2) is 7.95. The van der Waals surface area contributed by atoms with Crippen LogP contribution in [0.3, 0.4) is 0 Å². The fourth-order valence-electron chi connectivity index (χ4n) is 2.75. The Morgan fingerprint density at radius 2 is 1.67 bits per heavy atom. The second-order valence-corrected chi connectivity index (χ2v) is 5.57. The average molecular weight is 406 g/mol. The molecule has 0 aliphatic heterocycles. The van der Waals surface area contributed by atoms with Crippen LogP contribution in [0.4, 0.5) is 0 Å². The molecule has 0 fully saturated rings. The van der Waals surface area contributed by atoms with Crippen molar-refractivity contribution in [3.05, 3.63) is 84.9 Å². The normalized spacial score (nSPS) is 10.2. The smallest absolute Gasteiger partial charge is 0.354 e. The molecule has 0 spiro atoms. The predicted molar refractivity (Wildman–Crippen MR) is 99.2 cm³/mol.